The molecule has 2 aromatic carbocycles. The van der Waals surface area contributed by atoms with Crippen molar-refractivity contribution in [3.63, 3.8) is 0 Å². The molecular formula is C16H11F3N2O2. The maximum atomic E-state index is 12.8. The summed E-state index contributed by atoms with van der Waals surface area (Å²) in [6.07, 6.45) is -4.43. The summed E-state index contributed by atoms with van der Waals surface area (Å²) in [6.45, 7) is -0.611. The molecule has 0 aliphatic carbocycles. The summed E-state index contributed by atoms with van der Waals surface area (Å²) in [4.78, 5) is 18.6. The highest BCUT2D eigenvalue weighted by atomic mass is 19.4. The van der Waals surface area contributed by atoms with Crippen molar-refractivity contribution in [2.24, 2.45) is 0 Å². The standard InChI is InChI=1S/C16H11F3N2O2/c17-16(18,19)11-3-1-2-10(6-11)15-20-12-5-4-9(14(23)8-22)7-13(12)21-15/h1-7,22H,8H2,(H,20,21). The molecule has 1 aromatic heterocycles. The molecule has 0 atom stereocenters. The second-order valence-corrected chi connectivity index (χ2v) is 4.98. The Hall–Kier alpha value is -2.67. The van der Waals surface area contributed by atoms with Crippen molar-refractivity contribution in [2.75, 3.05) is 6.61 Å². The van der Waals surface area contributed by atoms with Gasteiger partial charge in [0, 0.05) is 11.1 Å². The number of fused-ring (bicyclic) bond motifs is 1. The minimum absolute atomic E-state index is 0.277. The number of imidazole rings is 1. The van der Waals surface area contributed by atoms with E-state index in [0.717, 1.165) is 12.1 Å². The van der Waals surface area contributed by atoms with E-state index in [1.54, 1.807) is 6.07 Å². The van der Waals surface area contributed by atoms with Gasteiger partial charge in [-0.1, -0.05) is 12.1 Å². The van der Waals surface area contributed by atoms with E-state index in [2.05, 4.69) is 9.97 Å². The largest absolute Gasteiger partial charge is 0.416 e. The maximum absolute atomic E-state index is 12.8. The fourth-order valence-corrected chi connectivity index (χ4v) is 2.25. The first-order valence-electron chi connectivity index (χ1n) is 6.70. The van der Waals surface area contributed by atoms with E-state index in [-0.39, 0.29) is 5.82 Å². The van der Waals surface area contributed by atoms with Crippen LogP contribution in [-0.4, -0.2) is 27.5 Å². The predicted molar refractivity (Wildman–Crippen MR) is 77.9 cm³/mol. The van der Waals surface area contributed by atoms with Crippen LogP contribution in [0.25, 0.3) is 22.4 Å². The number of alkyl halides is 3. The molecule has 1 heterocycles. The molecule has 4 nitrogen and oxygen atoms in total. The summed E-state index contributed by atoms with van der Waals surface area (Å²) in [6, 6.07) is 9.43. The molecular weight excluding hydrogens is 309 g/mol. The number of rotatable bonds is 3. The fraction of sp³-hybridized carbons (Fsp3) is 0.125. The van der Waals surface area contributed by atoms with Crippen LogP contribution in [0.2, 0.25) is 0 Å². The van der Waals surface area contributed by atoms with Gasteiger partial charge in [0.2, 0.25) is 0 Å². The van der Waals surface area contributed by atoms with Crippen LogP contribution < -0.4 is 0 Å². The Morgan fingerprint density at radius 3 is 2.65 bits per heavy atom. The smallest absolute Gasteiger partial charge is 0.388 e. The Morgan fingerprint density at radius 2 is 1.96 bits per heavy atom. The number of nitrogens with one attached hydrogen (secondary N) is 1. The number of benzene rings is 2. The van der Waals surface area contributed by atoms with Crippen molar-refractivity contribution in [3.8, 4) is 11.4 Å². The van der Waals surface area contributed by atoms with Gasteiger partial charge in [0.1, 0.15) is 12.4 Å². The summed E-state index contributed by atoms with van der Waals surface area (Å²) in [5.41, 5.74) is 0.875. The summed E-state index contributed by atoms with van der Waals surface area (Å²) in [5.74, 6) is -0.165. The lowest BCUT2D eigenvalue weighted by Gasteiger charge is -2.07. The molecule has 3 rings (SSSR count). The van der Waals surface area contributed by atoms with Gasteiger partial charge in [-0.05, 0) is 30.3 Å². The number of aliphatic hydroxyl groups is 1. The van der Waals surface area contributed by atoms with E-state index in [9.17, 15) is 18.0 Å². The number of halogens is 3. The lowest BCUT2D eigenvalue weighted by molar-refractivity contribution is -0.137. The normalized spacial score (nSPS) is 11.8. The third kappa shape index (κ3) is 2.95. The van der Waals surface area contributed by atoms with Gasteiger partial charge in [-0.2, -0.15) is 13.2 Å². The molecule has 0 unspecified atom stereocenters. The van der Waals surface area contributed by atoms with Gasteiger partial charge in [0.05, 0.1) is 16.6 Å². The number of Topliss-reactive ketones (excluding diaryl/α,β-unsaturated/α-hetero) is 1. The Kier molecular flexibility index (Phi) is 3.65. The number of hydrogen-bond donors (Lipinski definition) is 2. The summed E-state index contributed by atoms with van der Waals surface area (Å²) >= 11 is 0. The van der Waals surface area contributed by atoms with Crippen molar-refractivity contribution in [1.29, 1.82) is 0 Å². The summed E-state index contributed by atoms with van der Waals surface area (Å²) in [7, 11) is 0. The number of H-pyrrole nitrogens is 1. The predicted octanol–water partition coefficient (Wildman–Crippen LogP) is 3.42. The topological polar surface area (TPSA) is 66.0 Å². The van der Waals surface area contributed by atoms with Crippen molar-refractivity contribution in [2.45, 2.75) is 6.18 Å². The summed E-state index contributed by atoms with van der Waals surface area (Å²) in [5, 5.41) is 8.87. The van der Waals surface area contributed by atoms with Crippen molar-refractivity contribution in [1.82, 2.24) is 9.97 Å². The third-order valence-electron chi connectivity index (χ3n) is 3.41. The molecule has 23 heavy (non-hydrogen) atoms. The second kappa shape index (κ2) is 5.51. The second-order valence-electron chi connectivity index (χ2n) is 4.98. The highest BCUT2D eigenvalue weighted by Crippen LogP contribution is 2.32. The third-order valence-corrected chi connectivity index (χ3v) is 3.41. The highest BCUT2D eigenvalue weighted by Gasteiger charge is 2.30. The van der Waals surface area contributed by atoms with Crippen LogP contribution in [-0.2, 0) is 6.18 Å². The molecule has 0 saturated carbocycles. The van der Waals surface area contributed by atoms with Gasteiger partial charge in [-0.25, -0.2) is 4.98 Å². The average Bonchev–Trinajstić information content (AvgIpc) is 2.96. The first-order chi connectivity index (χ1) is 10.9. The molecule has 0 spiro atoms. The van der Waals surface area contributed by atoms with Crippen molar-refractivity contribution in [3.05, 3.63) is 53.6 Å². The van der Waals surface area contributed by atoms with Crippen LogP contribution in [0, 0.1) is 0 Å². The van der Waals surface area contributed by atoms with E-state index in [1.807, 2.05) is 0 Å². The molecule has 0 aliphatic heterocycles. The molecule has 118 valence electrons. The molecule has 0 fully saturated rings. The zero-order valence-electron chi connectivity index (χ0n) is 11.7. The van der Waals surface area contributed by atoms with Gasteiger partial charge < -0.3 is 10.1 Å². The average molecular weight is 320 g/mol. The number of carbonyl (C=O) groups is 1. The van der Waals surface area contributed by atoms with Crippen LogP contribution in [0.1, 0.15) is 15.9 Å². The number of aromatic amines is 1. The molecule has 0 amide bonds. The van der Waals surface area contributed by atoms with Crippen molar-refractivity contribution >= 4 is 16.8 Å². The number of aliphatic hydroxyl groups excluding tert-OH is 1. The Bertz CT molecular complexity index is 884. The maximum Gasteiger partial charge on any atom is 0.416 e. The SMILES string of the molecule is O=C(CO)c1ccc2nc(-c3cccc(C(F)(F)F)c3)[nH]c2c1. The van der Waals surface area contributed by atoms with E-state index in [0.29, 0.717) is 22.2 Å². The number of carbonyl (C=O) groups excluding carboxylic acids is 1. The Morgan fingerprint density at radius 1 is 1.17 bits per heavy atom. The van der Waals surface area contributed by atoms with E-state index >= 15 is 0 Å². The number of ketones is 1. The molecule has 0 saturated heterocycles. The van der Waals surface area contributed by atoms with Gasteiger partial charge in [0.25, 0.3) is 0 Å². The van der Waals surface area contributed by atoms with Crippen LogP contribution >= 0.6 is 0 Å². The minimum atomic E-state index is -4.43. The van der Waals surface area contributed by atoms with Crippen LogP contribution in [0.15, 0.2) is 42.5 Å². The molecule has 0 bridgehead atoms. The first-order valence-corrected chi connectivity index (χ1v) is 6.70. The van der Waals surface area contributed by atoms with Crippen LogP contribution in [0.4, 0.5) is 13.2 Å². The van der Waals surface area contributed by atoms with Gasteiger partial charge in [-0.3, -0.25) is 4.79 Å². The van der Waals surface area contributed by atoms with Gasteiger partial charge in [-0.15, -0.1) is 0 Å². The van der Waals surface area contributed by atoms with Crippen molar-refractivity contribution < 1.29 is 23.1 Å². The number of hydrogen-bond acceptors (Lipinski definition) is 3. The monoisotopic (exact) mass is 320 g/mol. The van der Waals surface area contributed by atoms with E-state index < -0.39 is 24.1 Å². The molecule has 2 N–H and O–H groups in total. The zero-order valence-corrected chi connectivity index (χ0v) is 11.7. The van der Waals surface area contributed by atoms with Crippen LogP contribution in [0.3, 0.4) is 0 Å². The zero-order chi connectivity index (χ0) is 16.6. The fourth-order valence-electron chi connectivity index (χ4n) is 2.25. The van der Waals surface area contributed by atoms with E-state index in [1.165, 1.54) is 24.3 Å². The molecule has 3 aromatic rings. The van der Waals surface area contributed by atoms with E-state index in [4.69, 9.17) is 5.11 Å². The molecule has 0 radical (unpaired) electrons. The quantitative estimate of drug-likeness (QED) is 0.727. The first kappa shape index (κ1) is 15.2. The van der Waals surface area contributed by atoms with Gasteiger partial charge >= 0.3 is 6.18 Å². The lowest BCUT2D eigenvalue weighted by atomic mass is 10.1. The minimum Gasteiger partial charge on any atom is -0.388 e. The molecule has 7 heteroatoms. The number of nitrogens with zero attached hydrogens (tertiary/aromatic N) is 1. The Labute approximate surface area is 128 Å². The molecule has 0 aliphatic rings. The lowest BCUT2D eigenvalue weighted by Crippen LogP contribution is -2.04. The van der Waals surface area contributed by atoms with Crippen LogP contribution in [0.5, 0.6) is 0 Å². The summed E-state index contributed by atoms with van der Waals surface area (Å²) < 4.78 is 38.3. The number of aromatic nitrogens is 2. The Balaban J connectivity index is 2.05. The van der Waals surface area contributed by atoms with Gasteiger partial charge in [0.15, 0.2) is 5.78 Å². The highest BCUT2D eigenvalue weighted by molar-refractivity contribution is 5.99.